The molecule has 2 aliphatic rings. The Morgan fingerprint density at radius 2 is 1.85 bits per heavy atom. The van der Waals surface area contributed by atoms with E-state index >= 15 is 0 Å². The van der Waals surface area contributed by atoms with Gasteiger partial charge < -0.3 is 30.3 Å². The van der Waals surface area contributed by atoms with E-state index in [0.717, 1.165) is 25.3 Å². The van der Waals surface area contributed by atoms with Crippen LogP contribution >= 0.6 is 0 Å². The summed E-state index contributed by atoms with van der Waals surface area (Å²) >= 11 is 0. The van der Waals surface area contributed by atoms with E-state index < -0.39 is 29.9 Å². The highest BCUT2D eigenvalue weighted by Gasteiger charge is 2.36. The highest BCUT2D eigenvalue weighted by Crippen LogP contribution is 2.37. The van der Waals surface area contributed by atoms with Crippen LogP contribution in [0.5, 0.6) is 5.75 Å². The molecule has 5 rings (SSSR count). The maximum absolute atomic E-state index is 13.3. The molecule has 3 aromatic rings. The van der Waals surface area contributed by atoms with Gasteiger partial charge in [-0.3, -0.25) is 4.79 Å². The summed E-state index contributed by atoms with van der Waals surface area (Å²) in [6.07, 6.45) is -1.46. The number of carbonyl (C=O) groups excluding carboxylic acids is 2. The minimum Gasteiger partial charge on any atom is -0.494 e. The third kappa shape index (κ3) is 5.49. The monoisotopic (exact) mass is 547 g/mol. The van der Waals surface area contributed by atoms with Crippen LogP contribution in [0.25, 0.3) is 22.4 Å². The molecule has 2 amide bonds. The Morgan fingerprint density at radius 1 is 1.10 bits per heavy atom. The fourth-order valence-electron chi connectivity index (χ4n) is 4.56. The first-order chi connectivity index (χ1) is 18.5. The van der Waals surface area contributed by atoms with E-state index in [1.807, 2.05) is 0 Å². The number of alkyl halides is 3. The summed E-state index contributed by atoms with van der Waals surface area (Å²) < 4.78 is 56.3. The number of hydrogen-bond donors (Lipinski definition) is 3. The molecular formula is C26H28F3N5O5. The summed E-state index contributed by atoms with van der Waals surface area (Å²) in [6, 6.07) is 4.39. The van der Waals surface area contributed by atoms with Gasteiger partial charge in [-0.15, -0.1) is 0 Å². The maximum Gasteiger partial charge on any atom is 0.433 e. The Bertz CT molecular complexity index is 1400. The lowest BCUT2D eigenvalue weighted by molar-refractivity contribution is -0.140. The number of aromatic nitrogens is 2. The highest BCUT2D eigenvalue weighted by molar-refractivity contribution is 5.98. The van der Waals surface area contributed by atoms with Gasteiger partial charge in [0.1, 0.15) is 23.1 Å². The molecule has 39 heavy (non-hydrogen) atoms. The van der Waals surface area contributed by atoms with E-state index in [1.165, 1.54) is 19.2 Å². The maximum atomic E-state index is 13.3. The predicted molar refractivity (Wildman–Crippen MR) is 133 cm³/mol. The zero-order chi connectivity index (χ0) is 27.9. The first-order valence-electron chi connectivity index (χ1n) is 12.6. The Labute approximate surface area is 221 Å². The number of carbonyl (C=O) groups is 2. The number of rotatable bonds is 7. The van der Waals surface area contributed by atoms with Crippen LogP contribution in [0.4, 0.5) is 18.0 Å². The van der Waals surface area contributed by atoms with Crippen molar-refractivity contribution in [3.63, 3.8) is 0 Å². The quantitative estimate of drug-likeness (QED) is 0.393. The van der Waals surface area contributed by atoms with Crippen LogP contribution in [0.1, 0.15) is 67.0 Å². The van der Waals surface area contributed by atoms with E-state index in [4.69, 9.17) is 19.6 Å². The van der Waals surface area contributed by atoms with Gasteiger partial charge >= 0.3 is 12.3 Å². The highest BCUT2D eigenvalue weighted by atomic mass is 19.4. The van der Waals surface area contributed by atoms with Gasteiger partial charge in [0.15, 0.2) is 11.5 Å². The Kier molecular flexibility index (Phi) is 7.10. The molecular weight excluding hydrogens is 519 g/mol. The summed E-state index contributed by atoms with van der Waals surface area (Å²) in [5.41, 5.74) is 5.23. The number of benzene rings is 1. The SMILES string of the molecule is COc1ccc(-c2nc(C(=O)NC3CC(OC(=O)NC4CCC4)C3)c([C@H](C)N)o2)c2ccc(C(F)(F)F)nc12. The van der Waals surface area contributed by atoms with Crippen molar-refractivity contribution in [2.45, 2.75) is 69.4 Å². The van der Waals surface area contributed by atoms with Crippen molar-refractivity contribution >= 4 is 22.9 Å². The summed E-state index contributed by atoms with van der Waals surface area (Å²) in [5, 5.41) is 5.96. The van der Waals surface area contributed by atoms with Gasteiger partial charge in [-0.25, -0.2) is 14.8 Å². The molecule has 0 unspecified atom stereocenters. The molecule has 2 heterocycles. The van der Waals surface area contributed by atoms with Gasteiger partial charge in [-0.05, 0) is 50.5 Å². The lowest BCUT2D eigenvalue weighted by Crippen LogP contribution is -2.50. The molecule has 0 aliphatic heterocycles. The number of alkyl carbamates (subject to hydrolysis) is 1. The first-order valence-corrected chi connectivity index (χ1v) is 12.6. The molecule has 1 aromatic carbocycles. The van der Waals surface area contributed by atoms with Crippen molar-refractivity contribution in [2.75, 3.05) is 7.11 Å². The van der Waals surface area contributed by atoms with Gasteiger partial charge in [0.2, 0.25) is 5.89 Å². The number of amides is 2. The zero-order valence-corrected chi connectivity index (χ0v) is 21.3. The summed E-state index contributed by atoms with van der Waals surface area (Å²) in [6.45, 7) is 1.62. The van der Waals surface area contributed by atoms with Crippen molar-refractivity contribution in [1.29, 1.82) is 0 Å². The lowest BCUT2D eigenvalue weighted by atomic mass is 9.89. The Balaban J connectivity index is 1.34. The molecule has 4 N–H and O–H groups in total. The first kappa shape index (κ1) is 26.7. The molecule has 2 aromatic heterocycles. The molecule has 2 saturated carbocycles. The number of fused-ring (bicyclic) bond motifs is 1. The Hall–Kier alpha value is -3.87. The normalized spacial score (nSPS) is 20.1. The summed E-state index contributed by atoms with van der Waals surface area (Å²) in [5.74, 6) is -0.252. The molecule has 1 atom stereocenters. The fourth-order valence-corrected chi connectivity index (χ4v) is 4.56. The second-order valence-electron chi connectivity index (χ2n) is 9.87. The third-order valence-electron chi connectivity index (χ3n) is 6.97. The van der Waals surface area contributed by atoms with Gasteiger partial charge in [0.05, 0.1) is 13.2 Å². The fraction of sp³-hybridized carbons (Fsp3) is 0.462. The zero-order valence-electron chi connectivity index (χ0n) is 21.3. The van der Waals surface area contributed by atoms with E-state index in [2.05, 4.69) is 20.6 Å². The molecule has 13 heteroatoms. The van der Waals surface area contributed by atoms with E-state index in [-0.39, 0.29) is 46.8 Å². The van der Waals surface area contributed by atoms with Gasteiger partial charge in [-0.2, -0.15) is 13.2 Å². The van der Waals surface area contributed by atoms with Gasteiger partial charge in [0, 0.05) is 35.9 Å². The van der Waals surface area contributed by atoms with Gasteiger partial charge in [0.25, 0.3) is 5.91 Å². The number of nitrogens with two attached hydrogens (primary N) is 1. The van der Waals surface area contributed by atoms with Crippen molar-refractivity contribution < 1.29 is 36.7 Å². The number of ether oxygens (including phenoxy) is 2. The number of nitrogens with zero attached hydrogens (tertiary/aromatic N) is 2. The second-order valence-corrected chi connectivity index (χ2v) is 9.87. The topological polar surface area (TPSA) is 142 Å². The van der Waals surface area contributed by atoms with Crippen LogP contribution in [0.3, 0.4) is 0 Å². The smallest absolute Gasteiger partial charge is 0.433 e. The molecule has 0 bridgehead atoms. The molecule has 2 fully saturated rings. The van der Waals surface area contributed by atoms with E-state index in [0.29, 0.717) is 23.8 Å². The van der Waals surface area contributed by atoms with Crippen LogP contribution in [0, 0.1) is 0 Å². The molecule has 0 radical (unpaired) electrons. The molecule has 0 saturated heterocycles. The van der Waals surface area contributed by atoms with E-state index in [1.54, 1.807) is 13.0 Å². The summed E-state index contributed by atoms with van der Waals surface area (Å²) in [4.78, 5) is 33.1. The number of pyridine rings is 1. The Morgan fingerprint density at radius 3 is 2.46 bits per heavy atom. The van der Waals surface area contributed by atoms with Crippen molar-refractivity contribution in [1.82, 2.24) is 20.6 Å². The van der Waals surface area contributed by atoms with Crippen molar-refractivity contribution in [3.05, 3.63) is 41.4 Å². The standard InChI is InChI=1S/C26H28F3N5O5/c1-12(30)22-21(23(35)31-14-10-15(11-14)38-25(36)32-13-4-3-5-13)34-24(39-22)17-6-8-18(37-2)20-16(17)7-9-19(33-20)26(27,28)29/h6-9,12-15H,3-5,10-11,30H2,1-2H3,(H,31,35)(H,32,36)/t12-,14?,15?/m0/s1. The number of halogens is 3. The van der Waals surface area contributed by atoms with Crippen LogP contribution in [0.2, 0.25) is 0 Å². The van der Waals surface area contributed by atoms with Gasteiger partial charge in [-0.1, -0.05) is 0 Å². The molecule has 10 nitrogen and oxygen atoms in total. The predicted octanol–water partition coefficient (Wildman–Crippen LogP) is 4.48. The average molecular weight is 548 g/mol. The minimum absolute atomic E-state index is 0.00384. The van der Waals surface area contributed by atoms with Crippen LogP contribution in [-0.2, 0) is 10.9 Å². The summed E-state index contributed by atoms with van der Waals surface area (Å²) in [7, 11) is 1.33. The third-order valence-corrected chi connectivity index (χ3v) is 6.97. The number of methoxy groups -OCH3 is 1. The minimum atomic E-state index is -4.64. The number of oxazole rings is 1. The molecule has 2 aliphatic carbocycles. The number of hydrogen-bond acceptors (Lipinski definition) is 8. The van der Waals surface area contributed by atoms with E-state index in [9.17, 15) is 22.8 Å². The largest absolute Gasteiger partial charge is 0.494 e. The van der Waals surface area contributed by atoms with Crippen LogP contribution < -0.4 is 21.1 Å². The average Bonchev–Trinajstić information content (AvgIpc) is 3.29. The van der Waals surface area contributed by atoms with Crippen LogP contribution in [-0.4, -0.2) is 47.3 Å². The molecule has 208 valence electrons. The van der Waals surface area contributed by atoms with Crippen molar-refractivity contribution in [2.24, 2.45) is 5.73 Å². The second kappa shape index (κ2) is 10.4. The number of nitrogens with one attached hydrogen (secondary N) is 2. The lowest BCUT2D eigenvalue weighted by Gasteiger charge is -2.35. The van der Waals surface area contributed by atoms with Crippen LogP contribution in [0.15, 0.2) is 28.7 Å². The van der Waals surface area contributed by atoms with Crippen molar-refractivity contribution in [3.8, 4) is 17.2 Å². The molecule has 0 spiro atoms.